The summed E-state index contributed by atoms with van der Waals surface area (Å²) in [6.07, 6.45) is 2.00. The molecule has 2 aliphatic rings. The van der Waals surface area contributed by atoms with Crippen molar-refractivity contribution in [1.82, 2.24) is 0 Å². The van der Waals surface area contributed by atoms with E-state index < -0.39 is 41.8 Å². The van der Waals surface area contributed by atoms with Crippen LogP contribution in [-0.4, -0.2) is 61.6 Å². The summed E-state index contributed by atoms with van der Waals surface area (Å²) in [6.45, 7) is 9.98. The van der Waals surface area contributed by atoms with Crippen LogP contribution >= 0.6 is 0 Å². The van der Waals surface area contributed by atoms with Crippen LogP contribution in [0.15, 0.2) is 0 Å². The van der Waals surface area contributed by atoms with Gasteiger partial charge >= 0.3 is 17.9 Å². The molecule has 1 heterocycles. The van der Waals surface area contributed by atoms with E-state index in [0.717, 1.165) is 25.7 Å². The molecule has 2 rings (SSSR count). The summed E-state index contributed by atoms with van der Waals surface area (Å²) < 4.78 is 28.4. The number of esters is 3. The molecule has 0 aromatic rings. The average molecular weight is 443 g/mol. The lowest BCUT2D eigenvalue weighted by atomic mass is 10.0. The predicted octanol–water partition coefficient (Wildman–Crippen LogP) is 3.19. The second kappa shape index (κ2) is 11.8. The summed E-state index contributed by atoms with van der Waals surface area (Å²) in [6, 6.07) is 0. The molecule has 0 unspecified atom stereocenters. The molecule has 1 aliphatic heterocycles. The first-order valence-corrected chi connectivity index (χ1v) is 11.4. The molecular formula is C23H38O8. The Labute approximate surface area is 185 Å². The maximum absolute atomic E-state index is 12.8. The third-order valence-electron chi connectivity index (χ3n) is 5.16. The van der Waals surface area contributed by atoms with Crippen LogP contribution in [0.4, 0.5) is 0 Å². The molecule has 0 N–H and O–H groups in total. The Morgan fingerprint density at radius 2 is 1.87 bits per heavy atom. The van der Waals surface area contributed by atoms with E-state index in [1.807, 2.05) is 0 Å². The monoisotopic (exact) mass is 442 g/mol. The molecule has 4 atom stereocenters. The maximum atomic E-state index is 12.8. The lowest BCUT2D eigenvalue weighted by molar-refractivity contribution is -0.189. The van der Waals surface area contributed by atoms with Gasteiger partial charge in [0, 0.05) is 19.6 Å². The first-order valence-electron chi connectivity index (χ1n) is 11.4. The van der Waals surface area contributed by atoms with Gasteiger partial charge in [0.2, 0.25) is 0 Å². The zero-order chi connectivity index (χ0) is 23.0. The molecule has 0 spiro atoms. The van der Waals surface area contributed by atoms with Crippen molar-refractivity contribution in [2.45, 2.75) is 97.1 Å². The standard InChI is InChI=1S/C23H38O8/c1-6-7-11-28-18-10-12-27-14-17(13-19(24)31-23(3,4)5)22(26)29-15(2)20(18)30-21(25)16-8-9-16/h15-18,20H,6-14H2,1-5H3/t15-,17-,18-,20-/m0/s1. The molecule has 0 radical (unpaired) electrons. The van der Waals surface area contributed by atoms with E-state index in [1.54, 1.807) is 27.7 Å². The van der Waals surface area contributed by atoms with Crippen molar-refractivity contribution in [2.24, 2.45) is 11.8 Å². The van der Waals surface area contributed by atoms with Crippen LogP contribution in [0.25, 0.3) is 0 Å². The first-order chi connectivity index (χ1) is 14.6. The van der Waals surface area contributed by atoms with E-state index in [-0.39, 0.29) is 24.9 Å². The number of carbonyl (C=O) groups is 3. The Hall–Kier alpha value is -1.67. The highest BCUT2D eigenvalue weighted by Gasteiger charge is 2.40. The van der Waals surface area contributed by atoms with Gasteiger partial charge in [-0.05, 0) is 47.0 Å². The minimum Gasteiger partial charge on any atom is -0.460 e. The Balaban J connectivity index is 2.08. The fourth-order valence-electron chi connectivity index (χ4n) is 3.31. The van der Waals surface area contributed by atoms with Gasteiger partial charge in [-0.2, -0.15) is 0 Å². The fraction of sp³-hybridized carbons (Fsp3) is 0.870. The van der Waals surface area contributed by atoms with Crippen LogP contribution < -0.4 is 0 Å². The van der Waals surface area contributed by atoms with Crippen LogP contribution in [0.3, 0.4) is 0 Å². The van der Waals surface area contributed by atoms with Gasteiger partial charge < -0.3 is 23.7 Å². The highest BCUT2D eigenvalue weighted by Crippen LogP contribution is 2.32. The number of hydrogen-bond donors (Lipinski definition) is 0. The molecule has 31 heavy (non-hydrogen) atoms. The van der Waals surface area contributed by atoms with Crippen molar-refractivity contribution >= 4 is 17.9 Å². The number of cyclic esters (lactones) is 1. The number of carbonyl (C=O) groups excluding carboxylic acids is 3. The maximum Gasteiger partial charge on any atom is 0.312 e. The van der Waals surface area contributed by atoms with Crippen molar-refractivity contribution in [3.8, 4) is 0 Å². The van der Waals surface area contributed by atoms with Gasteiger partial charge in [0.15, 0.2) is 6.10 Å². The second-order valence-electron chi connectivity index (χ2n) is 9.43. The van der Waals surface area contributed by atoms with E-state index in [4.69, 9.17) is 23.7 Å². The molecule has 2 fully saturated rings. The molecule has 0 amide bonds. The van der Waals surface area contributed by atoms with E-state index >= 15 is 0 Å². The third kappa shape index (κ3) is 9.15. The Morgan fingerprint density at radius 1 is 1.16 bits per heavy atom. The van der Waals surface area contributed by atoms with Gasteiger partial charge in [0.05, 0.1) is 24.9 Å². The van der Waals surface area contributed by atoms with E-state index in [1.165, 1.54) is 0 Å². The van der Waals surface area contributed by atoms with Crippen LogP contribution in [0.5, 0.6) is 0 Å². The summed E-state index contributed by atoms with van der Waals surface area (Å²) in [5.74, 6) is -2.19. The summed E-state index contributed by atoms with van der Waals surface area (Å²) in [5.41, 5.74) is -0.643. The smallest absolute Gasteiger partial charge is 0.312 e. The highest BCUT2D eigenvalue weighted by atomic mass is 16.6. The number of unbranched alkanes of at least 4 members (excludes halogenated alkanes) is 1. The van der Waals surface area contributed by atoms with Crippen molar-refractivity contribution in [1.29, 1.82) is 0 Å². The number of rotatable bonds is 8. The van der Waals surface area contributed by atoms with E-state index in [2.05, 4.69) is 6.92 Å². The normalized spacial score (nSPS) is 27.8. The van der Waals surface area contributed by atoms with Gasteiger partial charge in [0.25, 0.3) is 0 Å². The summed E-state index contributed by atoms with van der Waals surface area (Å²) in [7, 11) is 0. The van der Waals surface area contributed by atoms with E-state index in [0.29, 0.717) is 19.6 Å². The summed E-state index contributed by atoms with van der Waals surface area (Å²) >= 11 is 0. The van der Waals surface area contributed by atoms with Gasteiger partial charge in [-0.25, -0.2) is 0 Å². The van der Waals surface area contributed by atoms with Crippen molar-refractivity contribution in [3.05, 3.63) is 0 Å². The van der Waals surface area contributed by atoms with Crippen LogP contribution in [-0.2, 0) is 38.1 Å². The Bertz CT molecular complexity index is 607. The largest absolute Gasteiger partial charge is 0.460 e. The summed E-state index contributed by atoms with van der Waals surface area (Å²) in [5, 5.41) is 0. The highest BCUT2D eigenvalue weighted by molar-refractivity contribution is 5.80. The molecule has 178 valence electrons. The molecular weight excluding hydrogens is 404 g/mol. The first kappa shape index (κ1) is 25.6. The molecule has 1 saturated carbocycles. The lowest BCUT2D eigenvalue weighted by Gasteiger charge is -2.33. The fourth-order valence-corrected chi connectivity index (χ4v) is 3.31. The zero-order valence-electron chi connectivity index (χ0n) is 19.5. The molecule has 8 nitrogen and oxygen atoms in total. The van der Waals surface area contributed by atoms with Crippen LogP contribution in [0.1, 0.15) is 73.1 Å². The SMILES string of the molecule is CCCCO[C@H]1CCOC[C@H](CC(=O)OC(C)(C)C)C(=O)O[C@@H](C)[C@@H]1OC(=O)C1CC1. The lowest BCUT2D eigenvalue weighted by Crippen LogP contribution is -2.46. The third-order valence-corrected chi connectivity index (χ3v) is 5.16. The molecule has 8 heteroatoms. The molecule has 1 saturated heterocycles. The minimum absolute atomic E-state index is 0.0546. The zero-order valence-corrected chi connectivity index (χ0v) is 19.5. The molecule has 0 aromatic heterocycles. The molecule has 1 aliphatic carbocycles. The van der Waals surface area contributed by atoms with Gasteiger partial charge in [-0.1, -0.05) is 13.3 Å². The minimum atomic E-state index is -0.783. The van der Waals surface area contributed by atoms with Gasteiger partial charge in [-0.3, -0.25) is 14.4 Å². The number of ether oxygens (including phenoxy) is 5. The van der Waals surface area contributed by atoms with E-state index in [9.17, 15) is 14.4 Å². The predicted molar refractivity (Wildman–Crippen MR) is 112 cm³/mol. The Kier molecular flexibility index (Phi) is 9.75. The van der Waals surface area contributed by atoms with Crippen molar-refractivity contribution < 1.29 is 38.1 Å². The average Bonchev–Trinajstić information content (AvgIpc) is 3.50. The van der Waals surface area contributed by atoms with Crippen LogP contribution in [0.2, 0.25) is 0 Å². The molecule has 0 aromatic carbocycles. The molecule has 0 bridgehead atoms. The topological polar surface area (TPSA) is 97.4 Å². The second-order valence-corrected chi connectivity index (χ2v) is 9.43. The summed E-state index contributed by atoms with van der Waals surface area (Å²) in [4.78, 5) is 37.4. The number of hydrogen-bond acceptors (Lipinski definition) is 8. The Morgan fingerprint density at radius 3 is 2.48 bits per heavy atom. The van der Waals surface area contributed by atoms with Gasteiger partial charge in [-0.15, -0.1) is 0 Å². The van der Waals surface area contributed by atoms with Crippen molar-refractivity contribution in [3.63, 3.8) is 0 Å². The van der Waals surface area contributed by atoms with Gasteiger partial charge in [0.1, 0.15) is 17.8 Å². The van der Waals surface area contributed by atoms with Crippen LogP contribution in [0, 0.1) is 11.8 Å². The van der Waals surface area contributed by atoms with Crippen molar-refractivity contribution in [2.75, 3.05) is 19.8 Å². The quantitative estimate of drug-likeness (QED) is 0.321.